The molecule has 0 aliphatic rings. The smallest absolute Gasteiger partial charge is 0.328 e. The minimum atomic E-state index is -0.549. The van der Waals surface area contributed by atoms with E-state index < -0.39 is 5.82 Å². The molecule has 0 amide bonds. The van der Waals surface area contributed by atoms with Crippen molar-refractivity contribution in [2.45, 2.75) is 0 Å². The van der Waals surface area contributed by atoms with Crippen LogP contribution in [0.1, 0.15) is 0 Å². The van der Waals surface area contributed by atoms with E-state index in [2.05, 4.69) is 35.9 Å². The predicted molar refractivity (Wildman–Crippen MR) is 75.5 cm³/mol. The Kier molecular flexibility index (Phi) is 3.48. The molecular weight excluding hydrogens is 343 g/mol. The summed E-state index contributed by atoms with van der Waals surface area (Å²) in [6, 6.07) is 4.26. The van der Waals surface area contributed by atoms with Crippen LogP contribution in [-0.4, -0.2) is 24.5 Å². The summed E-state index contributed by atoms with van der Waals surface area (Å²) in [4.78, 5) is 15.7. The highest BCUT2D eigenvalue weighted by atomic mass is 79.9. The summed E-state index contributed by atoms with van der Waals surface area (Å²) in [5.74, 6) is -0.373. The van der Waals surface area contributed by atoms with Crippen LogP contribution in [0.2, 0.25) is 0 Å². The summed E-state index contributed by atoms with van der Waals surface area (Å²) in [5, 5.41) is 0. The van der Waals surface area contributed by atoms with Crippen molar-refractivity contribution >= 4 is 21.9 Å². The monoisotopic (exact) mass is 350 g/mol. The number of aromatic nitrogens is 5. The highest BCUT2D eigenvalue weighted by Crippen LogP contribution is 2.25. The molecular formula is C12H8BrFN6O. The Labute approximate surface area is 126 Å². The van der Waals surface area contributed by atoms with E-state index in [0.29, 0.717) is 4.47 Å². The van der Waals surface area contributed by atoms with Crippen LogP contribution in [0, 0.1) is 5.82 Å². The largest absolute Gasteiger partial charge is 0.421 e. The molecule has 2 N–H and O–H groups in total. The van der Waals surface area contributed by atoms with E-state index in [1.54, 1.807) is 18.5 Å². The molecule has 3 rings (SSSR count). The lowest BCUT2D eigenvalue weighted by Crippen LogP contribution is -2.06. The molecule has 21 heavy (non-hydrogen) atoms. The molecule has 9 heteroatoms. The van der Waals surface area contributed by atoms with Gasteiger partial charge < -0.3 is 10.5 Å². The molecule has 0 aliphatic heterocycles. The number of nitrogen functional groups attached to an aromatic ring is 1. The van der Waals surface area contributed by atoms with Gasteiger partial charge in [-0.15, -0.1) is 0 Å². The summed E-state index contributed by atoms with van der Waals surface area (Å²) in [7, 11) is 0. The molecule has 0 radical (unpaired) electrons. The molecule has 0 spiro atoms. The number of ether oxygens (including phenoxy) is 1. The van der Waals surface area contributed by atoms with Crippen molar-refractivity contribution < 1.29 is 9.13 Å². The molecule has 0 fully saturated rings. The van der Waals surface area contributed by atoms with Crippen molar-refractivity contribution in [3.05, 3.63) is 47.2 Å². The van der Waals surface area contributed by atoms with E-state index in [-0.39, 0.29) is 23.7 Å². The van der Waals surface area contributed by atoms with Gasteiger partial charge in [0.05, 0.1) is 0 Å². The highest BCUT2D eigenvalue weighted by molar-refractivity contribution is 9.10. The summed E-state index contributed by atoms with van der Waals surface area (Å²) >= 11 is 3.16. The fourth-order valence-electron chi connectivity index (χ4n) is 1.56. The fraction of sp³-hybridized carbons (Fsp3) is 0. The van der Waals surface area contributed by atoms with Crippen molar-refractivity contribution in [2.24, 2.45) is 0 Å². The second-order valence-corrected chi connectivity index (χ2v) is 4.84. The first-order valence-corrected chi connectivity index (χ1v) is 6.54. The van der Waals surface area contributed by atoms with Crippen LogP contribution in [0.5, 0.6) is 11.8 Å². The number of hydrogen-bond acceptors (Lipinski definition) is 6. The molecule has 0 saturated heterocycles. The molecule has 1 aromatic carbocycles. The third kappa shape index (κ3) is 2.97. The Morgan fingerprint density at radius 1 is 1.24 bits per heavy atom. The summed E-state index contributed by atoms with van der Waals surface area (Å²) in [6.45, 7) is 0. The maximum Gasteiger partial charge on any atom is 0.328 e. The van der Waals surface area contributed by atoms with Crippen LogP contribution in [0.3, 0.4) is 0 Å². The standard InChI is InChI=1S/C12H8BrFN6O/c13-7-1-2-9(8(14)5-7)21-12-18-10(15)17-11(19-12)20-4-3-16-6-20/h1-6H,(H2,15,17,18,19). The molecule has 0 bridgehead atoms. The molecule has 3 aromatic rings. The quantitative estimate of drug-likeness (QED) is 0.779. The minimum Gasteiger partial charge on any atom is -0.421 e. The van der Waals surface area contributed by atoms with Crippen molar-refractivity contribution in [3.8, 4) is 17.7 Å². The molecule has 0 unspecified atom stereocenters. The van der Waals surface area contributed by atoms with Gasteiger partial charge in [0.2, 0.25) is 11.9 Å². The van der Waals surface area contributed by atoms with Gasteiger partial charge in [0.1, 0.15) is 6.33 Å². The second kappa shape index (κ2) is 5.44. The molecule has 0 saturated carbocycles. The first-order valence-electron chi connectivity index (χ1n) is 5.74. The van der Waals surface area contributed by atoms with Crippen LogP contribution in [-0.2, 0) is 0 Å². The third-order valence-electron chi connectivity index (χ3n) is 2.45. The molecule has 7 nitrogen and oxygen atoms in total. The van der Waals surface area contributed by atoms with Crippen LogP contribution in [0.25, 0.3) is 5.95 Å². The van der Waals surface area contributed by atoms with Crippen molar-refractivity contribution in [1.29, 1.82) is 0 Å². The van der Waals surface area contributed by atoms with Crippen LogP contribution in [0.15, 0.2) is 41.4 Å². The lowest BCUT2D eigenvalue weighted by molar-refractivity contribution is 0.409. The zero-order valence-corrected chi connectivity index (χ0v) is 12.0. The molecule has 2 aromatic heterocycles. The van der Waals surface area contributed by atoms with E-state index in [1.165, 1.54) is 23.0 Å². The van der Waals surface area contributed by atoms with Gasteiger partial charge in [-0.25, -0.2) is 9.37 Å². The number of hydrogen-bond donors (Lipinski definition) is 1. The average molecular weight is 351 g/mol. The van der Waals surface area contributed by atoms with Crippen LogP contribution in [0.4, 0.5) is 10.3 Å². The average Bonchev–Trinajstić information content (AvgIpc) is 2.95. The number of anilines is 1. The lowest BCUT2D eigenvalue weighted by atomic mass is 10.3. The number of benzene rings is 1. The Morgan fingerprint density at radius 2 is 2.10 bits per heavy atom. The maximum atomic E-state index is 13.7. The third-order valence-corrected chi connectivity index (χ3v) is 2.94. The Morgan fingerprint density at radius 3 is 2.81 bits per heavy atom. The summed E-state index contributed by atoms with van der Waals surface area (Å²) in [6.07, 6.45) is 4.70. The fourth-order valence-corrected chi connectivity index (χ4v) is 1.89. The van der Waals surface area contributed by atoms with Crippen molar-refractivity contribution in [2.75, 3.05) is 5.73 Å². The topological polar surface area (TPSA) is 91.7 Å². The number of nitrogens with two attached hydrogens (primary N) is 1. The van der Waals surface area contributed by atoms with Gasteiger partial charge in [-0.1, -0.05) is 15.9 Å². The van der Waals surface area contributed by atoms with Gasteiger partial charge in [-0.05, 0) is 18.2 Å². The SMILES string of the molecule is Nc1nc(Oc2ccc(Br)cc2F)nc(-n2ccnc2)n1. The molecule has 106 valence electrons. The van der Waals surface area contributed by atoms with Gasteiger partial charge >= 0.3 is 6.01 Å². The summed E-state index contributed by atoms with van der Waals surface area (Å²) < 4.78 is 21.2. The van der Waals surface area contributed by atoms with Crippen molar-refractivity contribution in [3.63, 3.8) is 0 Å². The van der Waals surface area contributed by atoms with Crippen LogP contribution >= 0.6 is 15.9 Å². The summed E-state index contributed by atoms with van der Waals surface area (Å²) in [5.41, 5.74) is 5.60. The first-order chi connectivity index (χ1) is 10.1. The Bertz CT molecular complexity index is 779. The van der Waals surface area contributed by atoms with Gasteiger partial charge in [-0.2, -0.15) is 15.0 Å². The second-order valence-electron chi connectivity index (χ2n) is 3.92. The van der Waals surface area contributed by atoms with E-state index in [1.807, 2.05) is 0 Å². The van der Waals surface area contributed by atoms with Gasteiger partial charge in [0.25, 0.3) is 0 Å². The van der Waals surface area contributed by atoms with E-state index in [4.69, 9.17) is 10.5 Å². The van der Waals surface area contributed by atoms with Gasteiger partial charge in [-0.3, -0.25) is 4.57 Å². The van der Waals surface area contributed by atoms with Gasteiger partial charge in [0, 0.05) is 16.9 Å². The minimum absolute atomic E-state index is 0.0135. The lowest BCUT2D eigenvalue weighted by Gasteiger charge is -2.07. The Balaban J connectivity index is 1.95. The molecule has 2 heterocycles. The van der Waals surface area contributed by atoms with Crippen LogP contribution < -0.4 is 10.5 Å². The normalized spacial score (nSPS) is 10.6. The zero-order chi connectivity index (χ0) is 14.8. The predicted octanol–water partition coefficient (Wildman–Crippen LogP) is 2.33. The maximum absolute atomic E-state index is 13.7. The van der Waals surface area contributed by atoms with E-state index >= 15 is 0 Å². The molecule has 0 atom stereocenters. The Hall–Kier alpha value is -2.55. The number of rotatable bonds is 3. The number of halogens is 2. The number of nitrogens with zero attached hydrogens (tertiary/aromatic N) is 5. The van der Waals surface area contributed by atoms with Gasteiger partial charge in [0.15, 0.2) is 11.6 Å². The molecule has 0 aliphatic carbocycles. The van der Waals surface area contributed by atoms with E-state index in [0.717, 1.165) is 0 Å². The first kappa shape index (κ1) is 13.4. The van der Waals surface area contributed by atoms with E-state index in [9.17, 15) is 4.39 Å². The zero-order valence-electron chi connectivity index (χ0n) is 10.4. The highest BCUT2D eigenvalue weighted by Gasteiger charge is 2.11. The number of imidazole rings is 1. The van der Waals surface area contributed by atoms with Crippen molar-refractivity contribution in [1.82, 2.24) is 24.5 Å².